The molecule has 0 aliphatic rings. The van der Waals surface area contributed by atoms with Crippen molar-refractivity contribution in [2.24, 2.45) is 0 Å². The predicted molar refractivity (Wildman–Crippen MR) is 60.0 cm³/mol. The summed E-state index contributed by atoms with van der Waals surface area (Å²) in [5.41, 5.74) is 3.50. The van der Waals surface area contributed by atoms with Crippen molar-refractivity contribution >= 4 is 17.4 Å². The second kappa shape index (κ2) is 5.16. The quantitative estimate of drug-likeness (QED) is 0.699. The highest BCUT2D eigenvalue weighted by Crippen LogP contribution is 2.12. The van der Waals surface area contributed by atoms with Gasteiger partial charge in [-0.3, -0.25) is 4.79 Å². The van der Waals surface area contributed by atoms with Crippen LogP contribution in [-0.4, -0.2) is 11.7 Å². The van der Waals surface area contributed by atoms with Crippen molar-refractivity contribution in [1.29, 1.82) is 0 Å². The molecule has 0 bridgehead atoms. The van der Waals surface area contributed by atoms with E-state index in [2.05, 4.69) is 18.2 Å². The van der Waals surface area contributed by atoms with Crippen LogP contribution in [0, 0.1) is 13.8 Å². The third-order valence-corrected chi connectivity index (χ3v) is 2.45. The predicted octanol–water partition coefficient (Wildman–Crippen LogP) is 3.04. The van der Waals surface area contributed by atoms with Gasteiger partial charge in [-0.05, 0) is 25.0 Å². The van der Waals surface area contributed by atoms with Crippen LogP contribution in [0.3, 0.4) is 0 Å². The highest BCUT2D eigenvalue weighted by atomic mass is 35.5. The molecule has 0 amide bonds. The first kappa shape index (κ1) is 11.3. The van der Waals surface area contributed by atoms with E-state index < -0.39 is 0 Å². The topological polar surface area (TPSA) is 17.1 Å². The van der Waals surface area contributed by atoms with E-state index in [-0.39, 0.29) is 5.78 Å². The highest BCUT2D eigenvalue weighted by Gasteiger charge is 2.05. The molecule has 0 spiro atoms. The molecule has 0 heterocycles. The molecule has 0 unspecified atom stereocenters. The van der Waals surface area contributed by atoms with Gasteiger partial charge < -0.3 is 0 Å². The number of aryl methyl sites for hydroxylation is 2. The average Bonchev–Trinajstić information content (AvgIpc) is 2.12. The largest absolute Gasteiger partial charge is 0.299 e. The molecule has 76 valence electrons. The zero-order chi connectivity index (χ0) is 10.6. The van der Waals surface area contributed by atoms with Crippen LogP contribution in [0.25, 0.3) is 0 Å². The maximum absolute atomic E-state index is 11.4. The summed E-state index contributed by atoms with van der Waals surface area (Å²) >= 11 is 5.51. The number of Topliss-reactive ketones (excluding diaryl/α,β-unsaturated/α-hetero) is 1. The van der Waals surface area contributed by atoms with Gasteiger partial charge in [-0.1, -0.05) is 23.8 Å². The number of hydrogen-bond donors (Lipinski definition) is 0. The van der Waals surface area contributed by atoms with E-state index in [0.717, 1.165) is 5.56 Å². The van der Waals surface area contributed by atoms with Crippen molar-refractivity contribution in [3.05, 3.63) is 34.9 Å². The van der Waals surface area contributed by atoms with Crippen LogP contribution in [0.2, 0.25) is 0 Å². The van der Waals surface area contributed by atoms with Gasteiger partial charge in [-0.15, -0.1) is 11.6 Å². The molecule has 1 aromatic carbocycles. The molecule has 1 aromatic rings. The molecule has 0 fully saturated rings. The first-order valence-electron chi connectivity index (χ1n) is 4.77. The second-order valence-electron chi connectivity index (χ2n) is 3.58. The Bertz CT molecular complexity index is 331. The SMILES string of the molecule is Cc1ccc(C)c(CC(=O)CCCl)c1. The summed E-state index contributed by atoms with van der Waals surface area (Å²) in [6.07, 6.45) is 0.981. The summed E-state index contributed by atoms with van der Waals surface area (Å²) < 4.78 is 0. The standard InChI is InChI=1S/C12H15ClO/c1-9-3-4-10(2)11(7-9)8-12(14)5-6-13/h3-4,7H,5-6,8H2,1-2H3. The summed E-state index contributed by atoms with van der Waals surface area (Å²) in [7, 11) is 0. The first-order valence-corrected chi connectivity index (χ1v) is 5.30. The summed E-state index contributed by atoms with van der Waals surface area (Å²) in [4.78, 5) is 11.4. The number of carbonyl (C=O) groups is 1. The summed E-state index contributed by atoms with van der Waals surface area (Å²) in [5.74, 6) is 0.637. The minimum Gasteiger partial charge on any atom is -0.299 e. The zero-order valence-electron chi connectivity index (χ0n) is 8.64. The first-order chi connectivity index (χ1) is 6.63. The number of ketones is 1. The van der Waals surface area contributed by atoms with Gasteiger partial charge in [0, 0.05) is 18.7 Å². The maximum Gasteiger partial charge on any atom is 0.138 e. The summed E-state index contributed by atoms with van der Waals surface area (Å²) in [5, 5.41) is 0. The molecular formula is C12H15ClO. The van der Waals surface area contributed by atoms with E-state index in [1.807, 2.05) is 13.8 Å². The fourth-order valence-corrected chi connectivity index (χ4v) is 1.61. The van der Waals surface area contributed by atoms with Gasteiger partial charge in [0.25, 0.3) is 0 Å². The number of carbonyl (C=O) groups excluding carboxylic acids is 1. The van der Waals surface area contributed by atoms with E-state index in [1.165, 1.54) is 11.1 Å². The molecule has 0 saturated heterocycles. The molecule has 0 radical (unpaired) electrons. The van der Waals surface area contributed by atoms with Gasteiger partial charge in [0.05, 0.1) is 0 Å². The average molecular weight is 211 g/mol. The van der Waals surface area contributed by atoms with Crippen LogP contribution in [-0.2, 0) is 11.2 Å². The Morgan fingerprint density at radius 1 is 1.36 bits per heavy atom. The molecule has 0 aromatic heterocycles. The third-order valence-electron chi connectivity index (χ3n) is 2.27. The second-order valence-corrected chi connectivity index (χ2v) is 3.96. The summed E-state index contributed by atoms with van der Waals surface area (Å²) in [6.45, 7) is 4.07. The molecule has 1 rings (SSSR count). The molecule has 0 aliphatic heterocycles. The van der Waals surface area contributed by atoms with Crippen LogP contribution in [0.15, 0.2) is 18.2 Å². The van der Waals surface area contributed by atoms with Crippen molar-refractivity contribution in [2.75, 3.05) is 5.88 Å². The molecule has 0 atom stereocenters. The van der Waals surface area contributed by atoms with E-state index >= 15 is 0 Å². The Morgan fingerprint density at radius 2 is 2.07 bits per heavy atom. The van der Waals surface area contributed by atoms with Crippen LogP contribution in [0.5, 0.6) is 0 Å². The lowest BCUT2D eigenvalue weighted by Crippen LogP contribution is -2.04. The lowest BCUT2D eigenvalue weighted by molar-refractivity contribution is -0.118. The lowest BCUT2D eigenvalue weighted by atomic mass is 10.0. The Labute approximate surface area is 90.1 Å². The van der Waals surface area contributed by atoms with Crippen molar-refractivity contribution < 1.29 is 4.79 Å². The molecule has 2 heteroatoms. The van der Waals surface area contributed by atoms with E-state index in [4.69, 9.17) is 11.6 Å². The summed E-state index contributed by atoms with van der Waals surface area (Å²) in [6, 6.07) is 6.19. The van der Waals surface area contributed by atoms with Crippen molar-refractivity contribution in [1.82, 2.24) is 0 Å². The lowest BCUT2D eigenvalue weighted by Gasteiger charge is -2.05. The number of rotatable bonds is 4. The van der Waals surface area contributed by atoms with E-state index in [0.29, 0.717) is 18.7 Å². The number of alkyl halides is 1. The Morgan fingerprint density at radius 3 is 2.71 bits per heavy atom. The van der Waals surface area contributed by atoms with Crippen LogP contribution >= 0.6 is 11.6 Å². The minimum absolute atomic E-state index is 0.216. The van der Waals surface area contributed by atoms with Gasteiger partial charge in [0.1, 0.15) is 5.78 Å². The molecular weight excluding hydrogens is 196 g/mol. The molecule has 14 heavy (non-hydrogen) atoms. The van der Waals surface area contributed by atoms with Crippen LogP contribution in [0.4, 0.5) is 0 Å². The fourth-order valence-electron chi connectivity index (χ4n) is 1.40. The van der Waals surface area contributed by atoms with Crippen LogP contribution < -0.4 is 0 Å². The minimum atomic E-state index is 0.216. The zero-order valence-corrected chi connectivity index (χ0v) is 9.40. The molecule has 0 N–H and O–H groups in total. The van der Waals surface area contributed by atoms with E-state index in [9.17, 15) is 4.79 Å². The number of benzene rings is 1. The number of halogens is 1. The van der Waals surface area contributed by atoms with Crippen molar-refractivity contribution in [2.45, 2.75) is 26.7 Å². The van der Waals surface area contributed by atoms with Crippen LogP contribution in [0.1, 0.15) is 23.1 Å². The van der Waals surface area contributed by atoms with Gasteiger partial charge in [0.2, 0.25) is 0 Å². The Kier molecular flexibility index (Phi) is 4.15. The smallest absolute Gasteiger partial charge is 0.138 e. The van der Waals surface area contributed by atoms with Gasteiger partial charge >= 0.3 is 0 Å². The van der Waals surface area contributed by atoms with Gasteiger partial charge in [-0.25, -0.2) is 0 Å². The monoisotopic (exact) mass is 210 g/mol. The third kappa shape index (κ3) is 3.15. The van der Waals surface area contributed by atoms with Gasteiger partial charge in [-0.2, -0.15) is 0 Å². The highest BCUT2D eigenvalue weighted by molar-refractivity contribution is 6.19. The maximum atomic E-state index is 11.4. The van der Waals surface area contributed by atoms with Crippen molar-refractivity contribution in [3.63, 3.8) is 0 Å². The number of hydrogen-bond acceptors (Lipinski definition) is 1. The van der Waals surface area contributed by atoms with Crippen molar-refractivity contribution in [3.8, 4) is 0 Å². The van der Waals surface area contributed by atoms with E-state index in [1.54, 1.807) is 0 Å². The molecule has 0 aliphatic carbocycles. The molecule has 0 saturated carbocycles. The molecule has 1 nitrogen and oxygen atoms in total. The van der Waals surface area contributed by atoms with Gasteiger partial charge in [0.15, 0.2) is 0 Å². The normalized spacial score (nSPS) is 10.2. The fraction of sp³-hybridized carbons (Fsp3) is 0.417. The Hall–Kier alpha value is -0.820. The Balaban J connectivity index is 2.75.